The number of carbonyl (C=O) groups excluding carboxylic acids is 2. The lowest BCUT2D eigenvalue weighted by Gasteiger charge is -2.12. The molecular weight excluding hydrogens is 366 g/mol. The van der Waals surface area contributed by atoms with Crippen LogP contribution in [0, 0.1) is 20.2 Å². The Hall–Kier alpha value is -3.25. The van der Waals surface area contributed by atoms with Crippen molar-refractivity contribution in [2.75, 3.05) is 13.2 Å². The van der Waals surface area contributed by atoms with E-state index in [-0.39, 0.29) is 35.4 Å². The Bertz CT molecular complexity index is 961. The monoisotopic (exact) mass is 379 g/mol. The molecule has 0 spiro atoms. The maximum Gasteiger partial charge on any atom is 0.289 e. The topological polar surface area (TPSA) is 165 Å². The summed E-state index contributed by atoms with van der Waals surface area (Å²) in [5.74, 6) is -2.88. The third-order valence-corrected chi connectivity index (χ3v) is 4.11. The number of carbonyl (C=O) groups is 2. The molecule has 27 heavy (non-hydrogen) atoms. The van der Waals surface area contributed by atoms with E-state index in [0.29, 0.717) is 6.07 Å². The quantitative estimate of drug-likeness (QED) is 0.411. The van der Waals surface area contributed by atoms with Crippen molar-refractivity contribution in [2.24, 2.45) is 0 Å². The van der Waals surface area contributed by atoms with Crippen LogP contribution in [0.2, 0.25) is 0 Å². The van der Waals surface area contributed by atoms with Gasteiger partial charge in [0.05, 0.1) is 34.7 Å². The summed E-state index contributed by atoms with van der Waals surface area (Å²) in [5, 5.41) is 26.5. The fourth-order valence-corrected chi connectivity index (χ4v) is 3.07. The fraction of sp³-hybridized carbons (Fsp3) is 0.400. The highest BCUT2D eigenvalue weighted by Crippen LogP contribution is 2.43. The van der Waals surface area contributed by atoms with Crippen molar-refractivity contribution in [2.45, 2.75) is 26.1 Å². The number of hydrogen-bond donors (Lipinski definition) is 0. The number of benzene rings is 1. The lowest BCUT2D eigenvalue weighted by Crippen LogP contribution is -2.19. The van der Waals surface area contributed by atoms with E-state index in [0.717, 1.165) is 13.8 Å². The second-order valence-electron chi connectivity index (χ2n) is 5.84. The first kappa shape index (κ1) is 18.5. The number of nitrogens with zero attached hydrogens (tertiary/aromatic N) is 3. The number of Topliss-reactive ketones (excluding diaryl/α,β-unsaturated/α-hetero) is 2. The molecule has 1 aromatic carbocycles. The Morgan fingerprint density at radius 1 is 1.11 bits per heavy atom. The molecule has 0 amide bonds. The lowest BCUT2D eigenvalue weighted by molar-refractivity contribution is -0.393. The summed E-state index contributed by atoms with van der Waals surface area (Å²) in [7, 11) is 0. The van der Waals surface area contributed by atoms with Crippen molar-refractivity contribution >= 4 is 33.9 Å². The number of nitro benzene ring substituents is 2. The van der Waals surface area contributed by atoms with E-state index in [1.165, 1.54) is 0 Å². The van der Waals surface area contributed by atoms with Crippen molar-refractivity contribution in [1.82, 2.24) is 5.16 Å². The molecule has 2 aromatic rings. The van der Waals surface area contributed by atoms with E-state index in [9.17, 15) is 29.8 Å². The highest BCUT2D eigenvalue weighted by atomic mass is 16.7. The largest absolute Gasteiger partial charge is 0.355 e. The van der Waals surface area contributed by atoms with Gasteiger partial charge >= 0.3 is 0 Å². The zero-order chi connectivity index (χ0) is 19.9. The summed E-state index contributed by atoms with van der Waals surface area (Å²) < 4.78 is 15.7. The van der Waals surface area contributed by atoms with Crippen molar-refractivity contribution in [3.8, 4) is 0 Å². The molecular formula is C15H13N3O9. The number of ether oxygens (including phenoxy) is 2. The molecule has 142 valence electrons. The Kier molecular flexibility index (Phi) is 4.68. The molecule has 1 aliphatic rings. The van der Waals surface area contributed by atoms with Crippen molar-refractivity contribution in [3.63, 3.8) is 0 Å². The Morgan fingerprint density at radius 2 is 1.67 bits per heavy atom. The van der Waals surface area contributed by atoms with Crippen LogP contribution >= 0.6 is 0 Å². The van der Waals surface area contributed by atoms with Gasteiger partial charge in [0, 0.05) is 0 Å². The van der Waals surface area contributed by atoms with E-state index in [2.05, 4.69) is 5.16 Å². The first-order valence-electron chi connectivity index (χ1n) is 7.73. The zero-order valence-electron chi connectivity index (χ0n) is 14.2. The van der Waals surface area contributed by atoms with Crippen LogP contribution in [0.25, 0.3) is 11.0 Å². The minimum atomic E-state index is -1.53. The highest BCUT2D eigenvalue weighted by molar-refractivity contribution is 6.10. The Balaban J connectivity index is 2.43. The first-order chi connectivity index (χ1) is 12.7. The smallest absolute Gasteiger partial charge is 0.289 e. The van der Waals surface area contributed by atoms with Crippen LogP contribution in [0.4, 0.5) is 11.4 Å². The summed E-state index contributed by atoms with van der Waals surface area (Å²) >= 11 is 0. The third-order valence-electron chi connectivity index (χ3n) is 4.11. The second kappa shape index (κ2) is 6.81. The molecule has 2 heterocycles. The number of non-ortho nitro benzene ring substituents is 1. The van der Waals surface area contributed by atoms with Crippen LogP contribution in [0.15, 0.2) is 10.6 Å². The molecule has 12 heteroatoms. The summed E-state index contributed by atoms with van der Waals surface area (Å²) in [6, 6.07) is 0.687. The van der Waals surface area contributed by atoms with Crippen molar-refractivity contribution < 1.29 is 33.4 Å². The number of hydrogen-bond acceptors (Lipinski definition) is 10. The molecule has 0 unspecified atom stereocenters. The molecule has 1 saturated heterocycles. The molecule has 0 N–H and O–H groups in total. The standard InChI is InChI=1S/C15H13N3O9/c1-6(19)10(7(2)20)11-8(17(21)22)5-9(18(23)24)12-13(16-27-14(11)12)15-25-3-4-26-15/h5,10,15H,3-4H2,1-2H3. The van der Waals surface area contributed by atoms with E-state index >= 15 is 0 Å². The number of ketones is 2. The fourth-order valence-electron chi connectivity index (χ4n) is 3.07. The van der Waals surface area contributed by atoms with Gasteiger partial charge in [0.1, 0.15) is 22.9 Å². The second-order valence-corrected chi connectivity index (χ2v) is 5.84. The predicted octanol–water partition coefficient (Wildman–Crippen LogP) is 1.95. The van der Waals surface area contributed by atoms with E-state index in [4.69, 9.17) is 14.0 Å². The van der Waals surface area contributed by atoms with Gasteiger partial charge < -0.3 is 14.0 Å². The molecule has 12 nitrogen and oxygen atoms in total. The van der Waals surface area contributed by atoms with Crippen molar-refractivity contribution in [3.05, 3.63) is 37.6 Å². The summed E-state index contributed by atoms with van der Waals surface area (Å²) in [5.41, 5.74) is -2.30. The lowest BCUT2D eigenvalue weighted by atomic mass is 9.88. The maximum absolute atomic E-state index is 12.0. The Labute approximate surface area is 150 Å². The van der Waals surface area contributed by atoms with E-state index in [1.807, 2.05) is 0 Å². The summed E-state index contributed by atoms with van der Waals surface area (Å²) in [4.78, 5) is 45.2. The van der Waals surface area contributed by atoms with E-state index in [1.54, 1.807) is 0 Å². The van der Waals surface area contributed by atoms with Crippen LogP contribution in [0.3, 0.4) is 0 Å². The highest BCUT2D eigenvalue weighted by Gasteiger charge is 2.40. The average molecular weight is 379 g/mol. The number of rotatable bonds is 6. The SMILES string of the molecule is CC(=O)C(C(C)=O)c1c([N+](=O)[O-])cc([N+](=O)[O-])c2c(C3OCCO3)noc12. The minimum Gasteiger partial charge on any atom is -0.355 e. The van der Waals surface area contributed by atoms with Gasteiger partial charge in [-0.15, -0.1) is 0 Å². The Morgan fingerprint density at radius 3 is 2.15 bits per heavy atom. The van der Waals surface area contributed by atoms with Crippen LogP contribution < -0.4 is 0 Å². The van der Waals surface area contributed by atoms with Gasteiger partial charge in [-0.2, -0.15) is 0 Å². The first-order valence-corrected chi connectivity index (χ1v) is 7.73. The molecule has 0 atom stereocenters. The van der Waals surface area contributed by atoms with Gasteiger partial charge in [0.15, 0.2) is 11.3 Å². The zero-order valence-corrected chi connectivity index (χ0v) is 14.2. The molecule has 1 aromatic heterocycles. The molecule has 3 rings (SSSR count). The van der Waals surface area contributed by atoms with Gasteiger partial charge in [0.25, 0.3) is 11.4 Å². The van der Waals surface area contributed by atoms with Gasteiger partial charge in [-0.1, -0.05) is 5.16 Å². The summed E-state index contributed by atoms with van der Waals surface area (Å²) in [6.07, 6.45) is -1.06. The van der Waals surface area contributed by atoms with Crippen LogP contribution in [-0.4, -0.2) is 39.8 Å². The van der Waals surface area contributed by atoms with Gasteiger partial charge in [-0.25, -0.2) is 0 Å². The predicted molar refractivity (Wildman–Crippen MR) is 86.1 cm³/mol. The molecule has 1 fully saturated rings. The average Bonchev–Trinajstić information content (AvgIpc) is 3.22. The number of aromatic nitrogens is 1. The maximum atomic E-state index is 12.0. The summed E-state index contributed by atoms with van der Waals surface area (Å²) in [6.45, 7) is 2.61. The van der Waals surface area contributed by atoms with Gasteiger partial charge in [0.2, 0.25) is 6.29 Å². The van der Waals surface area contributed by atoms with Crippen LogP contribution in [-0.2, 0) is 19.1 Å². The van der Waals surface area contributed by atoms with Crippen LogP contribution in [0.1, 0.15) is 37.3 Å². The molecule has 1 aliphatic heterocycles. The molecule has 0 aliphatic carbocycles. The van der Waals surface area contributed by atoms with Crippen molar-refractivity contribution in [1.29, 1.82) is 0 Å². The third kappa shape index (κ3) is 3.04. The van der Waals surface area contributed by atoms with Gasteiger partial charge in [-0.3, -0.25) is 29.8 Å². The van der Waals surface area contributed by atoms with E-state index < -0.39 is 45.0 Å². The number of nitro groups is 2. The molecule has 0 bridgehead atoms. The van der Waals surface area contributed by atoms with Gasteiger partial charge in [-0.05, 0) is 13.8 Å². The molecule has 0 saturated carbocycles. The normalized spacial score (nSPS) is 14.8. The molecule has 0 radical (unpaired) electrons. The van der Waals surface area contributed by atoms with Crippen LogP contribution in [0.5, 0.6) is 0 Å². The number of fused-ring (bicyclic) bond motifs is 1. The minimum absolute atomic E-state index is 0.0868.